The van der Waals surface area contributed by atoms with Crippen molar-refractivity contribution in [3.63, 3.8) is 0 Å². The van der Waals surface area contributed by atoms with Crippen LogP contribution in [0, 0.1) is 0 Å². The van der Waals surface area contributed by atoms with Crippen molar-refractivity contribution in [3.05, 3.63) is 40.3 Å². The lowest BCUT2D eigenvalue weighted by atomic mass is 9.99. The average Bonchev–Trinajstić information content (AvgIpc) is 2.92. The molecule has 0 amide bonds. The van der Waals surface area contributed by atoms with Gasteiger partial charge in [0.15, 0.2) is 6.10 Å². The number of ether oxygens (including phenoxy) is 2. The standard InChI is InChI=1S/C13H13NO3S/c1-16-8-2-3-11-9(6-8)10(15)7-12(17-11)13-14-4-5-18-13/h2-6,10,12,15H,7H2,1H3/t10-,12?/m0/s1. The zero-order valence-electron chi connectivity index (χ0n) is 9.87. The summed E-state index contributed by atoms with van der Waals surface area (Å²) in [7, 11) is 1.61. The largest absolute Gasteiger partial charge is 0.497 e. The van der Waals surface area contributed by atoms with Crippen LogP contribution in [0.2, 0.25) is 0 Å². The number of methoxy groups -OCH3 is 1. The fraction of sp³-hybridized carbons (Fsp3) is 0.308. The third-order valence-corrected chi connectivity index (χ3v) is 3.88. The van der Waals surface area contributed by atoms with Crippen molar-refractivity contribution in [2.24, 2.45) is 0 Å². The van der Waals surface area contributed by atoms with Gasteiger partial charge in [0.05, 0.1) is 13.2 Å². The summed E-state index contributed by atoms with van der Waals surface area (Å²) in [5.74, 6) is 1.43. The summed E-state index contributed by atoms with van der Waals surface area (Å²) in [5, 5.41) is 13.0. The van der Waals surface area contributed by atoms with Gasteiger partial charge in [-0.25, -0.2) is 4.98 Å². The Hall–Kier alpha value is -1.59. The molecule has 0 spiro atoms. The van der Waals surface area contributed by atoms with Gasteiger partial charge >= 0.3 is 0 Å². The first kappa shape index (κ1) is 11.5. The van der Waals surface area contributed by atoms with E-state index in [1.165, 1.54) is 0 Å². The molecule has 0 bridgehead atoms. The van der Waals surface area contributed by atoms with E-state index in [9.17, 15) is 5.11 Å². The second-order valence-electron chi connectivity index (χ2n) is 4.13. The van der Waals surface area contributed by atoms with Gasteiger partial charge in [-0.3, -0.25) is 0 Å². The smallest absolute Gasteiger partial charge is 0.153 e. The molecule has 5 heteroatoms. The van der Waals surface area contributed by atoms with Crippen LogP contribution in [0.15, 0.2) is 29.8 Å². The highest BCUT2D eigenvalue weighted by molar-refractivity contribution is 7.09. The van der Waals surface area contributed by atoms with Crippen LogP contribution in [0.4, 0.5) is 0 Å². The Morgan fingerprint density at radius 3 is 3.11 bits per heavy atom. The first-order chi connectivity index (χ1) is 8.78. The minimum atomic E-state index is -0.544. The number of fused-ring (bicyclic) bond motifs is 1. The van der Waals surface area contributed by atoms with E-state index in [1.54, 1.807) is 24.6 Å². The molecule has 18 heavy (non-hydrogen) atoms. The molecule has 2 heterocycles. The Kier molecular flexibility index (Phi) is 2.93. The molecule has 4 nitrogen and oxygen atoms in total. The van der Waals surface area contributed by atoms with Crippen molar-refractivity contribution in [2.45, 2.75) is 18.6 Å². The van der Waals surface area contributed by atoms with Crippen molar-refractivity contribution < 1.29 is 14.6 Å². The Labute approximate surface area is 109 Å². The molecule has 1 aromatic carbocycles. The molecule has 1 aliphatic rings. The summed E-state index contributed by atoms with van der Waals surface area (Å²) < 4.78 is 11.0. The maximum Gasteiger partial charge on any atom is 0.153 e. The van der Waals surface area contributed by atoms with Crippen LogP contribution in [0.5, 0.6) is 11.5 Å². The summed E-state index contributed by atoms with van der Waals surface area (Å²) in [6, 6.07) is 5.48. The number of thiazole rings is 1. The molecule has 0 saturated heterocycles. The fourth-order valence-electron chi connectivity index (χ4n) is 2.10. The van der Waals surface area contributed by atoms with E-state index in [0.29, 0.717) is 12.2 Å². The van der Waals surface area contributed by atoms with Crippen LogP contribution < -0.4 is 9.47 Å². The van der Waals surface area contributed by atoms with Crippen molar-refractivity contribution in [1.29, 1.82) is 0 Å². The maximum atomic E-state index is 10.2. The monoisotopic (exact) mass is 263 g/mol. The van der Waals surface area contributed by atoms with E-state index in [4.69, 9.17) is 9.47 Å². The van der Waals surface area contributed by atoms with Gasteiger partial charge in [0, 0.05) is 23.6 Å². The molecule has 1 N–H and O–H groups in total. The SMILES string of the molecule is COc1ccc2c(c1)[C@@H](O)CC(c1nccs1)O2. The molecule has 2 atom stereocenters. The van der Waals surface area contributed by atoms with Gasteiger partial charge in [0.2, 0.25) is 0 Å². The predicted octanol–water partition coefficient (Wildman–Crippen LogP) is 2.71. The number of hydrogen-bond donors (Lipinski definition) is 1. The van der Waals surface area contributed by atoms with Crippen molar-refractivity contribution in [1.82, 2.24) is 4.98 Å². The average molecular weight is 263 g/mol. The number of hydrogen-bond acceptors (Lipinski definition) is 5. The molecular formula is C13H13NO3S. The van der Waals surface area contributed by atoms with Crippen LogP contribution in [-0.4, -0.2) is 17.2 Å². The van der Waals surface area contributed by atoms with Crippen LogP contribution in [0.25, 0.3) is 0 Å². The lowest BCUT2D eigenvalue weighted by Gasteiger charge is -2.28. The van der Waals surface area contributed by atoms with Crippen molar-refractivity contribution >= 4 is 11.3 Å². The lowest BCUT2D eigenvalue weighted by molar-refractivity contribution is 0.0653. The highest BCUT2D eigenvalue weighted by atomic mass is 32.1. The zero-order valence-corrected chi connectivity index (χ0v) is 10.7. The van der Waals surface area contributed by atoms with Crippen LogP contribution in [0.1, 0.15) is 29.2 Å². The van der Waals surface area contributed by atoms with E-state index >= 15 is 0 Å². The fourth-order valence-corrected chi connectivity index (χ4v) is 2.78. The molecule has 0 fully saturated rings. The van der Waals surface area contributed by atoms with Crippen molar-refractivity contribution in [3.8, 4) is 11.5 Å². The number of nitrogens with zero attached hydrogens (tertiary/aromatic N) is 1. The van der Waals surface area contributed by atoms with E-state index in [1.807, 2.05) is 23.6 Å². The van der Waals surface area contributed by atoms with Gasteiger partial charge in [0.25, 0.3) is 0 Å². The second-order valence-corrected chi connectivity index (χ2v) is 5.06. The minimum Gasteiger partial charge on any atom is -0.497 e. The Morgan fingerprint density at radius 2 is 2.39 bits per heavy atom. The Balaban J connectivity index is 1.93. The summed E-state index contributed by atoms with van der Waals surface area (Å²) >= 11 is 1.54. The highest BCUT2D eigenvalue weighted by Crippen LogP contribution is 2.42. The van der Waals surface area contributed by atoms with Crippen molar-refractivity contribution in [2.75, 3.05) is 7.11 Å². The van der Waals surface area contributed by atoms with E-state index in [2.05, 4.69) is 4.98 Å². The first-order valence-corrected chi connectivity index (χ1v) is 6.58. The van der Waals surface area contributed by atoms with Gasteiger partial charge < -0.3 is 14.6 Å². The van der Waals surface area contributed by atoms with Gasteiger partial charge in [-0.15, -0.1) is 11.3 Å². The van der Waals surface area contributed by atoms with E-state index in [0.717, 1.165) is 16.3 Å². The summed E-state index contributed by atoms with van der Waals surface area (Å²) in [4.78, 5) is 4.24. The molecule has 1 aliphatic heterocycles. The molecule has 3 rings (SSSR count). The number of aliphatic hydroxyl groups is 1. The van der Waals surface area contributed by atoms with Gasteiger partial charge in [-0.05, 0) is 18.2 Å². The predicted molar refractivity (Wildman–Crippen MR) is 68.1 cm³/mol. The first-order valence-electron chi connectivity index (χ1n) is 5.70. The molecule has 94 valence electrons. The number of aromatic nitrogens is 1. The zero-order chi connectivity index (χ0) is 12.5. The number of benzene rings is 1. The maximum absolute atomic E-state index is 10.2. The van der Waals surface area contributed by atoms with Gasteiger partial charge in [-0.1, -0.05) is 0 Å². The van der Waals surface area contributed by atoms with Gasteiger partial charge in [-0.2, -0.15) is 0 Å². The van der Waals surface area contributed by atoms with Crippen LogP contribution in [-0.2, 0) is 0 Å². The third kappa shape index (κ3) is 1.95. The number of rotatable bonds is 2. The van der Waals surface area contributed by atoms with E-state index < -0.39 is 6.10 Å². The topological polar surface area (TPSA) is 51.6 Å². The molecule has 0 radical (unpaired) electrons. The summed E-state index contributed by atoms with van der Waals surface area (Å²) in [5.41, 5.74) is 0.780. The molecular weight excluding hydrogens is 250 g/mol. The molecule has 2 aromatic rings. The Bertz CT molecular complexity index is 541. The van der Waals surface area contributed by atoms with Crippen LogP contribution >= 0.6 is 11.3 Å². The number of aliphatic hydroxyl groups excluding tert-OH is 1. The van der Waals surface area contributed by atoms with Crippen LogP contribution in [0.3, 0.4) is 0 Å². The summed E-state index contributed by atoms with van der Waals surface area (Å²) in [6.07, 6.45) is 1.56. The van der Waals surface area contributed by atoms with E-state index in [-0.39, 0.29) is 6.10 Å². The normalized spacial score (nSPS) is 22.1. The lowest BCUT2D eigenvalue weighted by Crippen LogP contribution is -2.18. The Morgan fingerprint density at radius 1 is 1.50 bits per heavy atom. The molecule has 1 aromatic heterocycles. The molecule has 0 saturated carbocycles. The molecule has 0 aliphatic carbocycles. The summed E-state index contributed by atoms with van der Waals surface area (Å²) in [6.45, 7) is 0. The second kappa shape index (κ2) is 4.59. The molecule has 1 unspecified atom stereocenters. The van der Waals surface area contributed by atoms with Gasteiger partial charge in [0.1, 0.15) is 16.5 Å². The highest BCUT2D eigenvalue weighted by Gasteiger charge is 2.29. The third-order valence-electron chi connectivity index (χ3n) is 3.01. The minimum absolute atomic E-state index is 0.166. The quantitative estimate of drug-likeness (QED) is 0.905.